The van der Waals surface area contributed by atoms with Gasteiger partial charge in [-0.25, -0.2) is 8.42 Å². The topological polar surface area (TPSA) is 74.7 Å². The highest BCUT2D eigenvalue weighted by molar-refractivity contribution is 7.92. The van der Waals surface area contributed by atoms with Crippen LogP contribution in [0.3, 0.4) is 0 Å². The highest BCUT2D eigenvalue weighted by Crippen LogP contribution is 2.26. The maximum absolute atomic E-state index is 13.1. The number of aliphatic carboxylic acids is 1. The molecule has 0 aliphatic heterocycles. The number of hydrogen-bond acceptors (Lipinski definition) is 3. The van der Waals surface area contributed by atoms with Gasteiger partial charge in [0, 0.05) is 0 Å². The fourth-order valence-corrected chi connectivity index (χ4v) is 4.05. The van der Waals surface area contributed by atoms with E-state index in [0.29, 0.717) is 5.69 Å². The molecule has 0 fully saturated rings. The van der Waals surface area contributed by atoms with E-state index in [2.05, 4.69) is 0 Å². The predicted octanol–water partition coefficient (Wildman–Crippen LogP) is 3.43. The van der Waals surface area contributed by atoms with Gasteiger partial charge in [0.15, 0.2) is 0 Å². The zero-order valence-electron chi connectivity index (χ0n) is 13.6. The number of fused-ring (bicyclic) bond motifs is 1. The lowest BCUT2D eigenvalue weighted by atomic mass is 10.1. The standard InChI is InChI=1S/C19H17NO4S/c1-14-6-9-17(10-7-14)20(13-19(21)22)25(23,24)18-11-8-15-4-2-3-5-16(15)12-18/h2-12H,13H2,1H3,(H,21,22). The first-order valence-corrected chi connectivity index (χ1v) is 9.12. The Balaban J connectivity index is 2.11. The van der Waals surface area contributed by atoms with E-state index in [-0.39, 0.29) is 4.90 Å². The van der Waals surface area contributed by atoms with Gasteiger partial charge in [-0.15, -0.1) is 0 Å². The molecule has 0 aliphatic carbocycles. The molecule has 0 saturated carbocycles. The minimum Gasteiger partial charge on any atom is -0.480 e. The molecule has 0 heterocycles. The van der Waals surface area contributed by atoms with Gasteiger partial charge in [-0.1, -0.05) is 48.0 Å². The van der Waals surface area contributed by atoms with E-state index in [4.69, 9.17) is 0 Å². The second-order valence-electron chi connectivity index (χ2n) is 5.75. The smallest absolute Gasteiger partial charge is 0.324 e. The summed E-state index contributed by atoms with van der Waals surface area (Å²) >= 11 is 0. The SMILES string of the molecule is Cc1ccc(N(CC(=O)O)S(=O)(=O)c2ccc3ccccc3c2)cc1. The van der Waals surface area contributed by atoms with Crippen LogP contribution >= 0.6 is 0 Å². The Kier molecular flexibility index (Phi) is 4.46. The highest BCUT2D eigenvalue weighted by Gasteiger charge is 2.27. The van der Waals surface area contributed by atoms with Crippen LogP contribution < -0.4 is 4.31 Å². The third-order valence-electron chi connectivity index (χ3n) is 3.91. The highest BCUT2D eigenvalue weighted by atomic mass is 32.2. The van der Waals surface area contributed by atoms with E-state index in [1.54, 1.807) is 36.4 Å². The lowest BCUT2D eigenvalue weighted by Crippen LogP contribution is -2.35. The van der Waals surface area contributed by atoms with Crippen molar-refractivity contribution < 1.29 is 18.3 Å². The number of carbonyl (C=O) groups is 1. The van der Waals surface area contributed by atoms with Crippen molar-refractivity contribution in [3.8, 4) is 0 Å². The molecule has 0 bridgehead atoms. The van der Waals surface area contributed by atoms with Gasteiger partial charge < -0.3 is 5.11 Å². The molecule has 0 spiro atoms. The van der Waals surface area contributed by atoms with Crippen molar-refractivity contribution in [1.29, 1.82) is 0 Å². The fraction of sp³-hybridized carbons (Fsp3) is 0.105. The van der Waals surface area contributed by atoms with Crippen LogP contribution in [-0.4, -0.2) is 26.0 Å². The molecule has 6 heteroatoms. The van der Waals surface area contributed by atoms with Crippen LogP contribution in [0.4, 0.5) is 5.69 Å². The first kappa shape index (κ1) is 17.0. The maximum atomic E-state index is 13.1. The summed E-state index contributed by atoms with van der Waals surface area (Å²) in [4.78, 5) is 11.3. The van der Waals surface area contributed by atoms with Gasteiger partial charge in [-0.05, 0) is 42.0 Å². The molecule has 0 saturated heterocycles. The number of nitrogens with zero attached hydrogens (tertiary/aromatic N) is 1. The van der Waals surface area contributed by atoms with Gasteiger partial charge in [-0.2, -0.15) is 0 Å². The van der Waals surface area contributed by atoms with Crippen molar-refractivity contribution in [2.75, 3.05) is 10.8 Å². The summed E-state index contributed by atoms with van der Waals surface area (Å²) in [6, 6.07) is 18.9. The number of benzene rings is 3. The second kappa shape index (κ2) is 6.57. The zero-order valence-corrected chi connectivity index (χ0v) is 14.4. The van der Waals surface area contributed by atoms with Crippen LogP contribution in [-0.2, 0) is 14.8 Å². The zero-order chi connectivity index (χ0) is 18.0. The van der Waals surface area contributed by atoms with Crippen LogP contribution in [0.5, 0.6) is 0 Å². The van der Waals surface area contributed by atoms with Crippen molar-refractivity contribution in [2.24, 2.45) is 0 Å². The monoisotopic (exact) mass is 355 g/mol. The molecule has 0 aliphatic rings. The Morgan fingerprint density at radius 3 is 2.24 bits per heavy atom. The van der Waals surface area contributed by atoms with Crippen molar-refractivity contribution in [2.45, 2.75) is 11.8 Å². The first-order chi connectivity index (χ1) is 11.9. The lowest BCUT2D eigenvalue weighted by molar-refractivity contribution is -0.135. The minimum atomic E-state index is -4.00. The van der Waals surface area contributed by atoms with Gasteiger partial charge in [0.05, 0.1) is 10.6 Å². The molecule has 0 aromatic heterocycles. The molecule has 0 amide bonds. The normalized spacial score (nSPS) is 11.4. The molecule has 0 radical (unpaired) electrons. The molecule has 25 heavy (non-hydrogen) atoms. The average Bonchev–Trinajstić information content (AvgIpc) is 2.60. The summed E-state index contributed by atoms with van der Waals surface area (Å²) in [5.41, 5.74) is 1.28. The quantitative estimate of drug-likeness (QED) is 0.761. The fourth-order valence-electron chi connectivity index (χ4n) is 2.60. The third kappa shape index (κ3) is 3.49. The van der Waals surface area contributed by atoms with Gasteiger partial charge in [0.2, 0.25) is 0 Å². The van der Waals surface area contributed by atoms with Crippen LogP contribution in [0.15, 0.2) is 71.6 Å². The molecule has 3 rings (SSSR count). The van der Waals surface area contributed by atoms with Crippen LogP contribution in [0.2, 0.25) is 0 Å². The first-order valence-electron chi connectivity index (χ1n) is 7.68. The van der Waals surface area contributed by atoms with Crippen molar-refractivity contribution >= 4 is 32.5 Å². The van der Waals surface area contributed by atoms with Gasteiger partial charge >= 0.3 is 5.97 Å². The Labute approximate surface area is 146 Å². The number of sulfonamides is 1. The van der Waals surface area contributed by atoms with Crippen LogP contribution in [0, 0.1) is 6.92 Å². The lowest BCUT2D eigenvalue weighted by Gasteiger charge is -2.23. The maximum Gasteiger partial charge on any atom is 0.324 e. The largest absolute Gasteiger partial charge is 0.480 e. The molecule has 3 aromatic rings. The number of carboxylic acid groups (broad SMARTS) is 1. The Bertz CT molecular complexity index is 1030. The van der Waals surface area contributed by atoms with Crippen molar-refractivity contribution in [3.63, 3.8) is 0 Å². The molecular formula is C19H17NO4S. The van der Waals surface area contributed by atoms with Crippen molar-refractivity contribution in [1.82, 2.24) is 0 Å². The van der Waals surface area contributed by atoms with Crippen LogP contribution in [0.1, 0.15) is 5.56 Å². The molecule has 128 valence electrons. The van der Waals surface area contributed by atoms with E-state index in [1.165, 1.54) is 6.07 Å². The average molecular weight is 355 g/mol. The molecular weight excluding hydrogens is 338 g/mol. The van der Waals surface area contributed by atoms with Gasteiger partial charge in [0.1, 0.15) is 6.54 Å². The summed E-state index contributed by atoms with van der Waals surface area (Å²) in [5, 5.41) is 10.9. The molecule has 0 atom stereocenters. The number of carboxylic acids is 1. The Hall–Kier alpha value is -2.86. The van der Waals surface area contributed by atoms with Crippen LogP contribution in [0.25, 0.3) is 10.8 Å². The summed E-state index contributed by atoms with van der Waals surface area (Å²) in [6.45, 7) is 1.24. The Morgan fingerprint density at radius 2 is 1.60 bits per heavy atom. The Morgan fingerprint density at radius 1 is 0.960 bits per heavy atom. The summed E-state index contributed by atoms with van der Waals surface area (Å²) < 4.78 is 27.0. The molecule has 3 aromatic carbocycles. The molecule has 5 nitrogen and oxygen atoms in total. The van der Waals surface area contributed by atoms with E-state index >= 15 is 0 Å². The summed E-state index contributed by atoms with van der Waals surface area (Å²) in [7, 11) is -4.00. The van der Waals surface area contributed by atoms with E-state index in [0.717, 1.165) is 20.6 Å². The summed E-state index contributed by atoms with van der Waals surface area (Å²) in [5.74, 6) is -1.22. The molecule has 0 unspecified atom stereocenters. The van der Waals surface area contributed by atoms with Gasteiger partial charge in [-0.3, -0.25) is 9.10 Å². The van der Waals surface area contributed by atoms with Crippen molar-refractivity contribution in [3.05, 3.63) is 72.3 Å². The summed E-state index contributed by atoms with van der Waals surface area (Å²) in [6.07, 6.45) is 0. The number of aryl methyl sites for hydroxylation is 1. The number of anilines is 1. The second-order valence-corrected chi connectivity index (χ2v) is 7.61. The number of hydrogen-bond donors (Lipinski definition) is 1. The van der Waals surface area contributed by atoms with E-state index in [1.807, 2.05) is 31.2 Å². The van der Waals surface area contributed by atoms with E-state index in [9.17, 15) is 18.3 Å². The van der Waals surface area contributed by atoms with E-state index < -0.39 is 22.5 Å². The predicted molar refractivity (Wildman–Crippen MR) is 97.3 cm³/mol. The number of rotatable bonds is 5. The minimum absolute atomic E-state index is 0.0630. The molecule has 1 N–H and O–H groups in total. The third-order valence-corrected chi connectivity index (χ3v) is 5.68. The van der Waals surface area contributed by atoms with Gasteiger partial charge in [0.25, 0.3) is 10.0 Å².